The van der Waals surface area contributed by atoms with E-state index in [1.165, 1.54) is 11.2 Å². The highest BCUT2D eigenvalue weighted by Gasteiger charge is 2.33. The molecule has 7 atom stereocenters. The summed E-state index contributed by atoms with van der Waals surface area (Å²) in [5.41, 5.74) is 0. The third-order valence-electron chi connectivity index (χ3n) is 6.75. The standard InChI is InChI=1S/C27H45NO7/c1-18(2)22(30)16-25(32-7)19(3)11-12-23(35-27(31)24-10-9-15-34-24)21(5)26(33-8)20(4)13-14-28(6)17-29/h9-10,13-15,17-23,25-26,30H,11-12,16H2,1-8H3/b14-13+/t19-,20+,21-,22-,23+,25-,26+/m0/s1. The SMILES string of the molecule is CO[C@@H]([C@@H](C)[C@@H](CC[C@H](C)[C@H](C[C@H](O)C(C)C)OC)OC(=O)c1ccco1)[C@H](C)/C=C/N(C)C=O. The molecule has 0 aliphatic carbocycles. The van der Waals surface area contributed by atoms with E-state index in [0.717, 1.165) is 12.8 Å². The van der Waals surface area contributed by atoms with Gasteiger partial charge in [0.25, 0.3) is 0 Å². The molecule has 200 valence electrons. The molecule has 0 spiro atoms. The van der Waals surface area contributed by atoms with Crippen molar-refractivity contribution in [3.63, 3.8) is 0 Å². The van der Waals surface area contributed by atoms with Gasteiger partial charge in [-0.05, 0) is 43.2 Å². The fourth-order valence-corrected chi connectivity index (χ4v) is 4.24. The Morgan fingerprint density at radius 3 is 2.31 bits per heavy atom. The van der Waals surface area contributed by atoms with Crippen molar-refractivity contribution in [2.75, 3.05) is 21.3 Å². The van der Waals surface area contributed by atoms with E-state index in [0.29, 0.717) is 12.8 Å². The number of nitrogens with zero attached hydrogens (tertiary/aromatic N) is 1. The second-order valence-corrected chi connectivity index (χ2v) is 9.83. The summed E-state index contributed by atoms with van der Waals surface area (Å²) in [5.74, 6) is -0.249. The highest BCUT2D eigenvalue weighted by molar-refractivity contribution is 5.86. The Bertz CT molecular complexity index is 749. The van der Waals surface area contributed by atoms with Crippen molar-refractivity contribution < 1.29 is 33.3 Å². The smallest absolute Gasteiger partial charge is 0.374 e. The van der Waals surface area contributed by atoms with Gasteiger partial charge in [-0.15, -0.1) is 0 Å². The van der Waals surface area contributed by atoms with Crippen molar-refractivity contribution in [3.05, 3.63) is 36.4 Å². The van der Waals surface area contributed by atoms with Crippen LogP contribution in [0, 0.1) is 23.7 Å². The summed E-state index contributed by atoms with van der Waals surface area (Å²) in [6, 6.07) is 3.23. The Kier molecular flexibility index (Phi) is 13.9. The lowest BCUT2D eigenvalue weighted by atomic mass is 9.84. The van der Waals surface area contributed by atoms with Crippen LogP contribution in [0.3, 0.4) is 0 Å². The quantitative estimate of drug-likeness (QED) is 0.250. The first kappa shape index (κ1) is 30.9. The topological polar surface area (TPSA) is 98.4 Å². The molecular weight excluding hydrogens is 450 g/mol. The van der Waals surface area contributed by atoms with Gasteiger partial charge in [0.1, 0.15) is 6.10 Å². The van der Waals surface area contributed by atoms with E-state index in [2.05, 4.69) is 6.92 Å². The van der Waals surface area contributed by atoms with Crippen molar-refractivity contribution in [1.29, 1.82) is 0 Å². The van der Waals surface area contributed by atoms with E-state index in [4.69, 9.17) is 18.6 Å². The van der Waals surface area contributed by atoms with Gasteiger partial charge in [-0.25, -0.2) is 4.79 Å². The Labute approximate surface area is 210 Å². The van der Waals surface area contributed by atoms with Crippen LogP contribution >= 0.6 is 0 Å². The fourth-order valence-electron chi connectivity index (χ4n) is 4.24. The molecule has 0 bridgehead atoms. The number of amides is 1. The lowest BCUT2D eigenvalue weighted by Crippen LogP contribution is -2.38. The van der Waals surface area contributed by atoms with Gasteiger partial charge < -0.3 is 28.6 Å². The van der Waals surface area contributed by atoms with E-state index in [1.54, 1.807) is 39.6 Å². The molecule has 0 saturated heterocycles. The maximum absolute atomic E-state index is 12.7. The molecule has 35 heavy (non-hydrogen) atoms. The average molecular weight is 496 g/mol. The number of ether oxygens (including phenoxy) is 3. The van der Waals surface area contributed by atoms with Crippen molar-refractivity contribution in [3.8, 4) is 0 Å². The minimum Gasteiger partial charge on any atom is -0.457 e. The summed E-state index contributed by atoms with van der Waals surface area (Å²) >= 11 is 0. The normalized spacial score (nSPS) is 18.0. The zero-order chi connectivity index (χ0) is 26.5. The van der Waals surface area contributed by atoms with Crippen LogP contribution in [0.1, 0.15) is 64.4 Å². The second-order valence-electron chi connectivity index (χ2n) is 9.83. The van der Waals surface area contributed by atoms with Gasteiger partial charge in [-0.1, -0.05) is 40.7 Å². The van der Waals surface area contributed by atoms with Gasteiger partial charge in [0.05, 0.1) is 24.6 Å². The van der Waals surface area contributed by atoms with E-state index in [9.17, 15) is 14.7 Å². The summed E-state index contributed by atoms with van der Waals surface area (Å²) in [4.78, 5) is 25.1. The number of hydrogen-bond donors (Lipinski definition) is 1. The molecule has 8 nitrogen and oxygen atoms in total. The molecule has 0 aliphatic rings. The van der Waals surface area contributed by atoms with Crippen molar-refractivity contribution >= 4 is 12.4 Å². The molecule has 1 rings (SSSR count). The van der Waals surface area contributed by atoms with Crippen LogP contribution in [-0.4, -0.2) is 68.1 Å². The zero-order valence-corrected chi connectivity index (χ0v) is 22.5. The number of hydrogen-bond acceptors (Lipinski definition) is 7. The third kappa shape index (κ3) is 10.2. The number of rotatable bonds is 17. The van der Waals surface area contributed by atoms with Crippen molar-refractivity contribution in [1.82, 2.24) is 4.90 Å². The van der Waals surface area contributed by atoms with Crippen LogP contribution in [0.5, 0.6) is 0 Å². The molecule has 0 aromatic carbocycles. The molecule has 0 unspecified atom stereocenters. The largest absolute Gasteiger partial charge is 0.457 e. The summed E-state index contributed by atoms with van der Waals surface area (Å²) in [7, 11) is 4.97. The number of esters is 1. The van der Waals surface area contributed by atoms with Crippen molar-refractivity contribution in [2.45, 2.75) is 78.3 Å². The van der Waals surface area contributed by atoms with Crippen LogP contribution < -0.4 is 0 Å². The third-order valence-corrected chi connectivity index (χ3v) is 6.75. The van der Waals surface area contributed by atoms with Crippen LogP contribution in [-0.2, 0) is 19.0 Å². The highest BCUT2D eigenvalue weighted by Crippen LogP contribution is 2.29. The zero-order valence-electron chi connectivity index (χ0n) is 22.5. The van der Waals surface area contributed by atoms with Gasteiger partial charge in [-0.2, -0.15) is 0 Å². The molecule has 1 N–H and O–H groups in total. The molecule has 0 aliphatic heterocycles. The lowest BCUT2D eigenvalue weighted by molar-refractivity contribution is -0.115. The Hall–Kier alpha value is -2.16. The Morgan fingerprint density at radius 1 is 1.11 bits per heavy atom. The molecule has 0 fully saturated rings. The number of carbonyl (C=O) groups excluding carboxylic acids is 2. The first-order valence-electron chi connectivity index (χ1n) is 12.4. The van der Waals surface area contributed by atoms with E-state index < -0.39 is 18.2 Å². The van der Waals surface area contributed by atoms with Crippen molar-refractivity contribution in [2.24, 2.45) is 23.7 Å². The van der Waals surface area contributed by atoms with Gasteiger partial charge in [-0.3, -0.25) is 4.79 Å². The van der Waals surface area contributed by atoms with Gasteiger partial charge in [0.15, 0.2) is 0 Å². The lowest BCUT2D eigenvalue weighted by Gasteiger charge is -2.34. The summed E-state index contributed by atoms with van der Waals surface area (Å²) in [5, 5.41) is 10.3. The first-order chi connectivity index (χ1) is 16.5. The predicted octanol–water partition coefficient (Wildman–Crippen LogP) is 4.53. The maximum atomic E-state index is 12.7. The Balaban J connectivity index is 3.01. The summed E-state index contributed by atoms with van der Waals surface area (Å²) in [6.07, 6.45) is 6.41. The average Bonchev–Trinajstić information content (AvgIpc) is 3.38. The summed E-state index contributed by atoms with van der Waals surface area (Å²) < 4.78 is 22.7. The van der Waals surface area contributed by atoms with Crippen LogP contribution in [0.25, 0.3) is 0 Å². The molecule has 0 saturated carbocycles. The molecule has 1 amide bonds. The predicted molar refractivity (Wildman–Crippen MR) is 135 cm³/mol. The molecule has 8 heteroatoms. The number of aliphatic hydroxyl groups excluding tert-OH is 1. The Morgan fingerprint density at radius 2 is 1.80 bits per heavy atom. The van der Waals surface area contributed by atoms with E-state index in [1.807, 2.05) is 33.8 Å². The first-order valence-corrected chi connectivity index (χ1v) is 12.4. The van der Waals surface area contributed by atoms with E-state index >= 15 is 0 Å². The minimum atomic E-state index is -0.517. The van der Waals surface area contributed by atoms with Gasteiger partial charge in [0, 0.05) is 39.3 Å². The number of carbonyl (C=O) groups is 2. The fraction of sp³-hybridized carbons (Fsp3) is 0.704. The molecule has 1 aromatic heterocycles. The monoisotopic (exact) mass is 495 g/mol. The second kappa shape index (κ2) is 15.8. The molecular formula is C27H45NO7. The van der Waals surface area contributed by atoms with Crippen LogP contribution in [0.4, 0.5) is 0 Å². The maximum Gasteiger partial charge on any atom is 0.374 e. The van der Waals surface area contributed by atoms with Crippen LogP contribution in [0.2, 0.25) is 0 Å². The number of furan rings is 1. The molecule has 1 aromatic rings. The molecule has 0 radical (unpaired) electrons. The summed E-state index contributed by atoms with van der Waals surface area (Å²) in [6.45, 7) is 10.1. The highest BCUT2D eigenvalue weighted by atomic mass is 16.6. The van der Waals surface area contributed by atoms with Gasteiger partial charge >= 0.3 is 5.97 Å². The van der Waals surface area contributed by atoms with Crippen LogP contribution in [0.15, 0.2) is 35.1 Å². The van der Waals surface area contributed by atoms with E-state index in [-0.39, 0.29) is 41.6 Å². The number of aliphatic hydroxyl groups is 1. The molecule has 1 heterocycles. The van der Waals surface area contributed by atoms with Gasteiger partial charge in [0.2, 0.25) is 12.2 Å². The minimum absolute atomic E-state index is 0.0347. The number of methoxy groups -OCH3 is 2.